The molecular formula is C23H25ClN4O3S. The summed E-state index contributed by atoms with van der Waals surface area (Å²) in [6.07, 6.45) is 0.664. The number of carbonyl (C=O) groups is 1. The molecule has 1 fully saturated rings. The molecule has 9 heteroatoms. The minimum absolute atomic E-state index is 0.0416. The number of carbonyl (C=O) groups excluding carboxylic acids is 1. The molecule has 0 amide bonds. The summed E-state index contributed by atoms with van der Waals surface area (Å²) in [5.41, 5.74) is 2.36. The van der Waals surface area contributed by atoms with Gasteiger partial charge in [0.15, 0.2) is 21.4 Å². The van der Waals surface area contributed by atoms with Crippen LogP contribution in [-0.2, 0) is 9.84 Å². The number of ketones is 1. The molecule has 1 saturated heterocycles. The third-order valence-electron chi connectivity index (χ3n) is 5.84. The molecule has 0 spiro atoms. The lowest BCUT2D eigenvalue weighted by molar-refractivity contribution is 0.0934. The molecule has 1 atom stereocenters. The Morgan fingerprint density at radius 3 is 2.50 bits per heavy atom. The van der Waals surface area contributed by atoms with Crippen molar-refractivity contribution in [3.8, 4) is 16.8 Å². The van der Waals surface area contributed by atoms with E-state index >= 15 is 0 Å². The second-order valence-corrected chi connectivity index (χ2v) is 11.8. The van der Waals surface area contributed by atoms with Gasteiger partial charge in [-0.25, -0.2) is 8.42 Å². The van der Waals surface area contributed by atoms with E-state index in [-0.39, 0.29) is 29.6 Å². The monoisotopic (exact) mass is 472 g/mol. The highest BCUT2D eigenvalue weighted by Gasteiger charge is 2.40. The number of nitrogens with zero attached hydrogens (tertiary/aromatic N) is 4. The summed E-state index contributed by atoms with van der Waals surface area (Å²) in [4.78, 5) is 13.3. The summed E-state index contributed by atoms with van der Waals surface area (Å²) >= 11 is 6.05. The van der Waals surface area contributed by atoms with Gasteiger partial charge in [-0.1, -0.05) is 44.5 Å². The molecule has 4 rings (SSSR count). The Balaban J connectivity index is 1.77. The Hall–Kier alpha value is -2.58. The third kappa shape index (κ3) is 4.76. The number of halogens is 1. The van der Waals surface area contributed by atoms with Crippen molar-refractivity contribution in [2.75, 3.05) is 11.5 Å². The van der Waals surface area contributed by atoms with Crippen LogP contribution in [0.5, 0.6) is 0 Å². The van der Waals surface area contributed by atoms with Crippen LogP contribution in [0.15, 0.2) is 42.5 Å². The van der Waals surface area contributed by atoms with Crippen molar-refractivity contribution in [3.05, 3.63) is 58.9 Å². The molecule has 2 aromatic carbocycles. The van der Waals surface area contributed by atoms with Crippen LogP contribution in [0.2, 0.25) is 5.02 Å². The Morgan fingerprint density at radius 1 is 1.16 bits per heavy atom. The summed E-state index contributed by atoms with van der Waals surface area (Å²) < 4.78 is 25.6. The van der Waals surface area contributed by atoms with Gasteiger partial charge in [-0.2, -0.15) is 4.68 Å². The fourth-order valence-corrected chi connectivity index (χ4v) is 6.53. The fourth-order valence-electron chi connectivity index (χ4n) is 4.15. The first-order chi connectivity index (χ1) is 15.1. The van der Waals surface area contributed by atoms with Crippen molar-refractivity contribution in [3.63, 3.8) is 0 Å². The van der Waals surface area contributed by atoms with Gasteiger partial charge >= 0.3 is 0 Å². The van der Waals surface area contributed by atoms with Gasteiger partial charge < -0.3 is 0 Å². The van der Waals surface area contributed by atoms with Crippen molar-refractivity contribution in [2.24, 2.45) is 5.41 Å². The van der Waals surface area contributed by atoms with Gasteiger partial charge in [-0.3, -0.25) is 4.79 Å². The first-order valence-electron chi connectivity index (χ1n) is 10.5. The van der Waals surface area contributed by atoms with Crippen molar-refractivity contribution in [2.45, 2.75) is 39.5 Å². The molecule has 0 saturated carbocycles. The summed E-state index contributed by atoms with van der Waals surface area (Å²) in [7, 11) is -3.09. The molecule has 32 heavy (non-hydrogen) atoms. The van der Waals surface area contributed by atoms with Crippen LogP contribution in [0.1, 0.15) is 55.7 Å². The average Bonchev–Trinajstić information content (AvgIpc) is 3.32. The molecule has 1 aliphatic rings. The van der Waals surface area contributed by atoms with Gasteiger partial charge in [0.25, 0.3) is 0 Å². The average molecular weight is 473 g/mol. The van der Waals surface area contributed by atoms with E-state index in [0.717, 1.165) is 11.1 Å². The molecule has 0 bridgehead atoms. The lowest BCUT2D eigenvalue weighted by Gasteiger charge is -2.21. The van der Waals surface area contributed by atoms with Crippen LogP contribution >= 0.6 is 11.6 Å². The highest BCUT2D eigenvalue weighted by Crippen LogP contribution is 2.37. The van der Waals surface area contributed by atoms with Gasteiger partial charge in [0.2, 0.25) is 0 Å². The van der Waals surface area contributed by atoms with E-state index in [9.17, 15) is 13.2 Å². The zero-order valence-electron chi connectivity index (χ0n) is 18.2. The Labute approximate surface area is 192 Å². The van der Waals surface area contributed by atoms with E-state index in [1.165, 1.54) is 0 Å². The van der Waals surface area contributed by atoms with Crippen molar-refractivity contribution in [1.82, 2.24) is 20.2 Å². The first kappa shape index (κ1) is 22.6. The van der Waals surface area contributed by atoms with E-state index in [2.05, 4.69) is 15.5 Å². The normalized spacial score (nSPS) is 20.0. The van der Waals surface area contributed by atoms with E-state index < -0.39 is 15.3 Å². The molecule has 1 aliphatic heterocycles. The maximum Gasteiger partial charge on any atom is 0.163 e. The Morgan fingerprint density at radius 2 is 1.88 bits per heavy atom. The second kappa shape index (κ2) is 8.41. The molecule has 0 aliphatic carbocycles. The molecule has 7 nitrogen and oxygen atoms in total. The highest BCUT2D eigenvalue weighted by atomic mass is 35.5. The second-order valence-electron chi connectivity index (χ2n) is 9.13. The fraction of sp³-hybridized carbons (Fsp3) is 0.391. The van der Waals surface area contributed by atoms with Crippen molar-refractivity contribution >= 4 is 27.2 Å². The number of tetrazole rings is 1. The number of sulfone groups is 1. The largest absolute Gasteiger partial charge is 0.294 e. The third-order valence-corrected chi connectivity index (χ3v) is 8.06. The van der Waals surface area contributed by atoms with Gasteiger partial charge in [-0.15, -0.1) is 5.10 Å². The van der Waals surface area contributed by atoms with Gasteiger partial charge in [0, 0.05) is 22.9 Å². The molecule has 1 aromatic heterocycles. The maximum absolute atomic E-state index is 13.3. The van der Waals surface area contributed by atoms with Gasteiger partial charge in [0.05, 0.1) is 17.2 Å². The Kier molecular flexibility index (Phi) is 5.94. The van der Waals surface area contributed by atoms with Crippen molar-refractivity contribution < 1.29 is 13.2 Å². The number of hydrogen-bond donors (Lipinski definition) is 0. The summed E-state index contributed by atoms with van der Waals surface area (Å²) in [5.74, 6) is 0.854. The summed E-state index contributed by atoms with van der Waals surface area (Å²) in [6.45, 7) is 5.87. The van der Waals surface area contributed by atoms with E-state index in [1.807, 2.05) is 45.0 Å². The van der Waals surface area contributed by atoms with Crippen LogP contribution in [0.25, 0.3) is 16.8 Å². The molecule has 168 valence electrons. The summed E-state index contributed by atoms with van der Waals surface area (Å²) in [6, 6.07) is 12.9. The lowest BCUT2D eigenvalue weighted by Crippen LogP contribution is -2.22. The van der Waals surface area contributed by atoms with E-state index in [1.54, 1.807) is 22.9 Å². The van der Waals surface area contributed by atoms with Crippen LogP contribution in [-0.4, -0.2) is 45.9 Å². The van der Waals surface area contributed by atoms with Crippen molar-refractivity contribution in [1.29, 1.82) is 0 Å². The minimum atomic E-state index is -3.09. The SMILES string of the molecule is CC(C)c1nnnn1-c1cc(C(=O)CC2(C)CCS(=O)(=O)C2)cc(-c2ccc(Cl)cc2)c1. The smallest absolute Gasteiger partial charge is 0.163 e. The molecule has 0 radical (unpaired) electrons. The zero-order valence-corrected chi connectivity index (χ0v) is 19.8. The molecule has 0 N–H and O–H groups in total. The number of benzene rings is 2. The highest BCUT2D eigenvalue weighted by molar-refractivity contribution is 7.91. The molecule has 3 aromatic rings. The predicted molar refractivity (Wildman–Crippen MR) is 124 cm³/mol. The van der Waals surface area contributed by atoms with Crippen LogP contribution in [0.3, 0.4) is 0 Å². The number of hydrogen-bond acceptors (Lipinski definition) is 6. The number of rotatable bonds is 6. The Bertz CT molecular complexity index is 1270. The molecule has 2 heterocycles. The minimum Gasteiger partial charge on any atom is -0.294 e. The zero-order chi connectivity index (χ0) is 23.1. The lowest BCUT2D eigenvalue weighted by atomic mass is 9.83. The summed E-state index contributed by atoms with van der Waals surface area (Å²) in [5, 5.41) is 12.7. The topological polar surface area (TPSA) is 94.8 Å². The van der Waals surface area contributed by atoms with Crippen LogP contribution in [0, 0.1) is 5.41 Å². The number of Topliss-reactive ketones (excluding diaryl/α,β-unsaturated/α-hetero) is 1. The van der Waals surface area contributed by atoms with Gasteiger partial charge in [-0.05, 0) is 63.7 Å². The quantitative estimate of drug-likeness (QED) is 0.490. The van der Waals surface area contributed by atoms with Crippen LogP contribution in [0.4, 0.5) is 0 Å². The predicted octanol–water partition coefficient (Wildman–Crippen LogP) is 4.50. The molecular weight excluding hydrogens is 448 g/mol. The first-order valence-corrected chi connectivity index (χ1v) is 12.7. The van der Waals surface area contributed by atoms with E-state index in [4.69, 9.17) is 11.6 Å². The van der Waals surface area contributed by atoms with E-state index in [0.29, 0.717) is 28.5 Å². The van der Waals surface area contributed by atoms with Crippen LogP contribution < -0.4 is 0 Å². The number of aromatic nitrogens is 4. The maximum atomic E-state index is 13.3. The molecule has 1 unspecified atom stereocenters. The standard InChI is InChI=1S/C23H25ClN4O3S/c1-15(2)22-25-26-27-28(22)20-11-17(16-4-6-19(24)7-5-16)10-18(12-20)21(29)13-23(3)8-9-32(30,31)14-23/h4-7,10-12,15H,8-9,13-14H2,1-3H3. The van der Waals surface area contributed by atoms with Gasteiger partial charge in [0.1, 0.15) is 0 Å².